The number of rotatable bonds is 2. The molecule has 2 aliphatic heterocycles. The van der Waals surface area contributed by atoms with Crippen LogP contribution in [0, 0.1) is 10.8 Å². The Morgan fingerprint density at radius 2 is 1.64 bits per heavy atom. The molecule has 2 aromatic heterocycles. The average Bonchev–Trinajstić information content (AvgIpc) is 3.58. The molecular weight excluding hydrogens is 585 g/mol. The number of aliphatic hydroxyl groups is 1. The molecule has 0 bridgehead atoms. The van der Waals surface area contributed by atoms with Gasteiger partial charge < -0.3 is 14.6 Å². The number of alkyl halides is 3. The summed E-state index contributed by atoms with van der Waals surface area (Å²) >= 11 is 3.53. The van der Waals surface area contributed by atoms with Gasteiger partial charge in [0.25, 0.3) is 0 Å². The molecule has 5 nitrogen and oxygen atoms in total. The van der Waals surface area contributed by atoms with Crippen molar-refractivity contribution >= 4 is 12.6 Å². The smallest absolute Gasteiger partial charge is 0.388 e. The number of hydrogen-bond donors (Lipinski definition) is 2. The normalized spacial score (nSPS) is 24.1. The first-order valence-electron chi connectivity index (χ1n) is 16.1. The third-order valence-corrected chi connectivity index (χ3v) is 9.63. The molecule has 0 aromatic carbocycles. The van der Waals surface area contributed by atoms with Crippen LogP contribution < -0.4 is 0 Å². The zero-order valence-corrected chi connectivity index (χ0v) is 28.4. The Bertz CT molecular complexity index is 1260. The number of ether oxygens (including phenoxy) is 2. The van der Waals surface area contributed by atoms with Crippen LogP contribution in [0.2, 0.25) is 0 Å². The number of hydrogen-bond acceptors (Lipinski definition) is 6. The van der Waals surface area contributed by atoms with Gasteiger partial charge in [0.05, 0.1) is 17.4 Å². The Labute approximate surface area is 267 Å². The number of thiol groups is 1. The van der Waals surface area contributed by atoms with Gasteiger partial charge in [-0.05, 0) is 67.2 Å². The van der Waals surface area contributed by atoms with E-state index in [9.17, 15) is 18.3 Å². The molecule has 246 valence electrons. The molecule has 1 saturated carbocycles. The molecule has 4 aliphatic rings. The van der Waals surface area contributed by atoms with Crippen LogP contribution in [-0.2, 0) is 27.7 Å². The molecule has 1 N–H and O–H groups in total. The summed E-state index contributed by atoms with van der Waals surface area (Å²) in [4.78, 5) is 9.00. The van der Waals surface area contributed by atoms with Gasteiger partial charge in [-0.3, -0.25) is 9.97 Å². The monoisotopic (exact) mass is 636 g/mol. The Morgan fingerprint density at radius 1 is 1.02 bits per heavy atom. The van der Waals surface area contributed by atoms with E-state index in [2.05, 4.69) is 59.2 Å². The van der Waals surface area contributed by atoms with Crippen molar-refractivity contribution in [1.29, 1.82) is 0 Å². The van der Waals surface area contributed by atoms with E-state index in [0.29, 0.717) is 30.6 Å². The fourth-order valence-electron chi connectivity index (χ4n) is 6.99. The first-order valence-corrected chi connectivity index (χ1v) is 17.0. The summed E-state index contributed by atoms with van der Waals surface area (Å²) in [7, 11) is 0. The Kier molecular flexibility index (Phi) is 10.9. The summed E-state index contributed by atoms with van der Waals surface area (Å²) in [6.07, 6.45) is 5.41. The third-order valence-electron chi connectivity index (χ3n) is 9.63. The molecule has 9 heteroatoms. The molecule has 4 heterocycles. The lowest BCUT2D eigenvalue weighted by atomic mass is 9.70. The molecule has 2 aromatic rings. The number of pyridine rings is 2. The molecule has 1 saturated heterocycles. The minimum atomic E-state index is -4.50. The van der Waals surface area contributed by atoms with E-state index in [-0.39, 0.29) is 11.3 Å². The summed E-state index contributed by atoms with van der Waals surface area (Å²) in [6.45, 7) is 14.6. The summed E-state index contributed by atoms with van der Waals surface area (Å²) in [6, 6.07) is 2.53. The van der Waals surface area contributed by atoms with Gasteiger partial charge in [-0.25, -0.2) is 0 Å². The van der Waals surface area contributed by atoms with Crippen LogP contribution >= 0.6 is 12.6 Å². The molecule has 2 fully saturated rings. The van der Waals surface area contributed by atoms with Crippen molar-refractivity contribution in [3.8, 4) is 0 Å². The second-order valence-electron chi connectivity index (χ2n) is 14.7. The minimum absolute atomic E-state index is 0.0698. The van der Waals surface area contributed by atoms with Crippen LogP contribution in [0.3, 0.4) is 0 Å². The maximum Gasteiger partial charge on any atom is 0.433 e. The largest absolute Gasteiger partial charge is 0.433 e. The van der Waals surface area contributed by atoms with Gasteiger partial charge in [-0.1, -0.05) is 66.9 Å². The molecule has 2 atom stereocenters. The van der Waals surface area contributed by atoms with Gasteiger partial charge in [0.15, 0.2) is 0 Å². The second-order valence-corrected chi connectivity index (χ2v) is 14.7. The van der Waals surface area contributed by atoms with Crippen molar-refractivity contribution in [2.24, 2.45) is 10.8 Å². The average molecular weight is 637 g/mol. The number of fused-ring (bicyclic) bond motifs is 4. The summed E-state index contributed by atoms with van der Waals surface area (Å²) in [5.74, 6) is 0.185. The van der Waals surface area contributed by atoms with Crippen molar-refractivity contribution < 1.29 is 27.8 Å². The van der Waals surface area contributed by atoms with Crippen molar-refractivity contribution in [1.82, 2.24) is 9.97 Å². The van der Waals surface area contributed by atoms with Gasteiger partial charge in [-0.2, -0.15) is 25.8 Å². The van der Waals surface area contributed by atoms with Crippen LogP contribution in [-0.4, -0.2) is 34.5 Å². The summed E-state index contributed by atoms with van der Waals surface area (Å²) < 4.78 is 52.2. The van der Waals surface area contributed by atoms with E-state index in [1.54, 1.807) is 6.26 Å². The summed E-state index contributed by atoms with van der Waals surface area (Å²) in [5.41, 5.74) is 4.49. The molecule has 0 radical (unpaired) electrons. The van der Waals surface area contributed by atoms with Crippen LogP contribution in [0.5, 0.6) is 0 Å². The lowest BCUT2D eigenvalue weighted by Gasteiger charge is -2.38. The van der Waals surface area contributed by atoms with Crippen molar-refractivity contribution in [2.45, 2.75) is 129 Å². The first kappa shape index (κ1) is 35.2. The number of nitrogens with zero attached hydrogens (tertiary/aromatic N) is 2. The number of aliphatic hydroxyl groups excluding tert-OH is 1. The Hall–Kier alpha value is -1.68. The molecule has 6 rings (SSSR count). The topological polar surface area (TPSA) is 64.5 Å². The maximum absolute atomic E-state index is 13.2. The zero-order chi connectivity index (χ0) is 32.5. The van der Waals surface area contributed by atoms with Crippen molar-refractivity contribution in [2.75, 3.05) is 19.5 Å². The third kappa shape index (κ3) is 7.48. The predicted molar refractivity (Wildman–Crippen MR) is 171 cm³/mol. The van der Waals surface area contributed by atoms with E-state index in [4.69, 9.17) is 14.5 Å². The summed E-state index contributed by atoms with van der Waals surface area (Å²) in [5, 5.41) is 11.4. The van der Waals surface area contributed by atoms with E-state index in [1.165, 1.54) is 18.7 Å². The van der Waals surface area contributed by atoms with Crippen molar-refractivity contribution in [3.63, 3.8) is 0 Å². The highest BCUT2D eigenvalue weighted by atomic mass is 32.1. The SMILES string of the molecule is CC1(C)Cc2nc(C3CCOCC3)c3c(c2C(O)C1)C1(CCCC1)OC3c1ccc(C(F)(F)F)nc1.CCC(C)(C)C.CS. The van der Waals surface area contributed by atoms with Gasteiger partial charge in [0.2, 0.25) is 0 Å². The van der Waals surface area contributed by atoms with Crippen LogP contribution in [0.25, 0.3) is 0 Å². The standard InChI is InChI=1S/C28H33F3N2O3.C6H14.CH4S/c1-26(2)13-18-21(19(34)14-26)23-22(24(33-18)16-7-11-35-12-8-16)25(36-27(23)9-3-4-10-27)17-5-6-20(32-15-17)28(29,30)31;1-5-6(2,3)4;1-2/h5-6,15-16,19,25,34H,3-4,7-14H2,1-2H3;5H2,1-4H3;2H,1H3. The molecule has 44 heavy (non-hydrogen) atoms. The first-order chi connectivity index (χ1) is 20.6. The molecule has 2 aliphatic carbocycles. The molecule has 1 spiro atoms. The second kappa shape index (κ2) is 13.6. The number of halogens is 3. The van der Waals surface area contributed by atoms with Gasteiger partial charge >= 0.3 is 6.18 Å². The van der Waals surface area contributed by atoms with Crippen molar-refractivity contribution in [3.05, 3.63) is 57.7 Å². The van der Waals surface area contributed by atoms with E-state index in [0.717, 1.165) is 79.1 Å². The lowest BCUT2D eigenvalue weighted by Crippen LogP contribution is -2.32. The fourth-order valence-corrected chi connectivity index (χ4v) is 6.99. The van der Waals surface area contributed by atoms with Crippen LogP contribution in [0.15, 0.2) is 18.3 Å². The van der Waals surface area contributed by atoms with Gasteiger partial charge in [-0.15, -0.1) is 0 Å². The van der Waals surface area contributed by atoms with E-state index >= 15 is 0 Å². The Morgan fingerprint density at radius 3 is 2.16 bits per heavy atom. The highest BCUT2D eigenvalue weighted by Gasteiger charge is 2.53. The highest BCUT2D eigenvalue weighted by Crippen LogP contribution is 2.60. The van der Waals surface area contributed by atoms with E-state index < -0.39 is 29.7 Å². The molecular formula is C35H51F3N2O3S. The van der Waals surface area contributed by atoms with Gasteiger partial charge in [0.1, 0.15) is 11.8 Å². The van der Waals surface area contributed by atoms with E-state index in [1.807, 2.05) is 0 Å². The number of aromatic nitrogens is 2. The lowest BCUT2D eigenvalue weighted by molar-refractivity contribution is -0.141. The van der Waals surface area contributed by atoms with Crippen LogP contribution in [0.4, 0.5) is 13.2 Å². The zero-order valence-electron chi connectivity index (χ0n) is 27.5. The fraction of sp³-hybridized carbons (Fsp3) is 0.714. The van der Waals surface area contributed by atoms with Gasteiger partial charge in [0, 0.05) is 47.7 Å². The van der Waals surface area contributed by atoms with Crippen LogP contribution in [0.1, 0.15) is 150 Å². The minimum Gasteiger partial charge on any atom is -0.388 e. The highest BCUT2D eigenvalue weighted by molar-refractivity contribution is 7.79. The quantitative estimate of drug-likeness (QED) is 0.322. The molecule has 0 amide bonds. The maximum atomic E-state index is 13.2. The Balaban J connectivity index is 0.000000496. The predicted octanol–water partition coefficient (Wildman–Crippen LogP) is 9.27. The molecule has 2 unspecified atom stereocenters.